The smallest absolute Gasteiger partial charge is 0.321 e. The van der Waals surface area contributed by atoms with Crippen LogP contribution in [0.1, 0.15) is 45.4 Å². The lowest BCUT2D eigenvalue weighted by Crippen LogP contribution is -2.42. The molecule has 1 unspecified atom stereocenters. The molecule has 0 spiro atoms. The molecule has 3 aromatic heterocycles. The van der Waals surface area contributed by atoms with Gasteiger partial charge >= 0.3 is 12.0 Å². The van der Waals surface area contributed by atoms with Crippen molar-refractivity contribution < 1.29 is 23.0 Å². The molecule has 2 aromatic carbocycles. The Labute approximate surface area is 318 Å². The van der Waals surface area contributed by atoms with Crippen molar-refractivity contribution >= 4 is 44.8 Å². The minimum atomic E-state index is -0.486. The van der Waals surface area contributed by atoms with Crippen molar-refractivity contribution in [1.29, 1.82) is 0 Å². The van der Waals surface area contributed by atoms with E-state index in [0.717, 1.165) is 43.9 Å². The van der Waals surface area contributed by atoms with Crippen LogP contribution >= 0.6 is 39.1 Å². The maximum Gasteiger partial charge on any atom is 0.321 e. The number of piperidine rings is 1. The Bertz CT molecular complexity index is 1970. The largest absolute Gasteiger partial charge is 0.480 e. The third-order valence-electron chi connectivity index (χ3n) is 9.00. The van der Waals surface area contributed by atoms with Crippen LogP contribution in [0, 0.1) is 29.4 Å². The Morgan fingerprint density at radius 2 is 1.40 bits per heavy atom. The van der Waals surface area contributed by atoms with E-state index < -0.39 is 11.6 Å². The second-order valence-corrected chi connectivity index (χ2v) is 14.1. The molecule has 17 heteroatoms. The number of halogens is 5. The molecule has 12 nitrogen and oxygen atoms in total. The first kappa shape index (κ1) is 37.7. The van der Waals surface area contributed by atoms with Crippen LogP contribution in [0.15, 0.2) is 53.4 Å². The zero-order chi connectivity index (χ0) is 36.8. The van der Waals surface area contributed by atoms with E-state index in [0.29, 0.717) is 65.0 Å². The summed E-state index contributed by atoms with van der Waals surface area (Å²) >= 11 is 14.8. The molecule has 7 rings (SSSR count). The minimum Gasteiger partial charge on any atom is -0.480 e. The molecule has 276 valence electrons. The van der Waals surface area contributed by atoms with Crippen molar-refractivity contribution in [3.63, 3.8) is 0 Å². The van der Waals surface area contributed by atoms with Crippen LogP contribution in [0.2, 0.25) is 10.0 Å². The summed E-state index contributed by atoms with van der Waals surface area (Å²) in [6.07, 6.45) is 6.83. The molecule has 2 bridgehead atoms. The van der Waals surface area contributed by atoms with Crippen molar-refractivity contribution in [1.82, 2.24) is 39.7 Å². The summed E-state index contributed by atoms with van der Waals surface area (Å²) in [5.41, 5.74) is 1.06. The average Bonchev–Trinajstić information content (AvgIpc) is 3.74. The molecule has 2 aliphatic rings. The Morgan fingerprint density at radius 3 is 1.96 bits per heavy atom. The van der Waals surface area contributed by atoms with E-state index in [9.17, 15) is 8.78 Å². The molecular formula is C35H38BrCl2F2N9O3. The van der Waals surface area contributed by atoms with Crippen molar-refractivity contribution in [2.24, 2.45) is 17.8 Å². The predicted molar refractivity (Wildman–Crippen MR) is 195 cm³/mol. The molecule has 3 atom stereocenters. The molecule has 0 amide bonds. The average molecular weight is 822 g/mol. The van der Waals surface area contributed by atoms with E-state index >= 15 is 0 Å². The van der Waals surface area contributed by atoms with Crippen LogP contribution < -0.4 is 19.1 Å². The monoisotopic (exact) mass is 819 g/mol. The highest BCUT2D eigenvalue weighted by Gasteiger charge is 2.42. The number of anilines is 1. The molecule has 1 aliphatic carbocycles. The SMILES string of the molecule is CCCn1nc(Br)nc1Oc1ccc(F)c(Cl)c1.CCCn1nc(CC2[C@@H]3CC[C@H]2CN(c2cnnc(OC)c2)C3)nc1Oc1ccc(F)c(Cl)c1. The Kier molecular flexibility index (Phi) is 12.4. The van der Waals surface area contributed by atoms with Gasteiger partial charge in [-0.2, -0.15) is 20.2 Å². The normalized spacial score (nSPS) is 17.8. The lowest BCUT2D eigenvalue weighted by Gasteiger charge is -2.38. The third kappa shape index (κ3) is 9.10. The predicted octanol–water partition coefficient (Wildman–Crippen LogP) is 8.81. The summed E-state index contributed by atoms with van der Waals surface area (Å²) < 4.78 is 47.1. The quantitative estimate of drug-likeness (QED) is 0.121. The minimum absolute atomic E-state index is 0.00752. The summed E-state index contributed by atoms with van der Waals surface area (Å²) in [5.74, 6) is 2.88. The Balaban J connectivity index is 0.000000217. The molecule has 0 N–H and O–H groups in total. The van der Waals surface area contributed by atoms with Gasteiger partial charge in [-0.3, -0.25) is 0 Å². The molecule has 4 heterocycles. The van der Waals surface area contributed by atoms with E-state index in [1.54, 1.807) is 22.5 Å². The molecular weight excluding hydrogens is 783 g/mol. The fraction of sp³-hybridized carbons (Fsp3) is 0.429. The van der Waals surface area contributed by atoms with Gasteiger partial charge in [0.15, 0.2) is 5.82 Å². The van der Waals surface area contributed by atoms with E-state index in [-0.39, 0.29) is 10.0 Å². The Morgan fingerprint density at radius 1 is 0.827 bits per heavy atom. The van der Waals surface area contributed by atoms with Crippen LogP contribution in [-0.4, -0.2) is 59.9 Å². The lowest BCUT2D eigenvalue weighted by atomic mass is 9.82. The molecule has 5 aromatic rings. The standard InChI is InChI=1S/C24H28ClFN6O2.C11H10BrClFN3O/c1-3-8-32-24(34-18-6-7-21(26)20(25)10-18)28-22(30-32)11-19-15-4-5-16(19)14-31(13-15)17-9-23(33-2)29-27-12-17;1-2-5-17-11(15-10(12)16-17)18-7-3-4-9(14)8(13)6-7/h6-7,9-10,12,15-16,19H,3-5,8,11,13-14H2,1-2H3;3-4,6H,2,5H2,1H3/t15-,16+,19?;. The lowest BCUT2D eigenvalue weighted by molar-refractivity contribution is 0.265. The summed E-state index contributed by atoms with van der Waals surface area (Å²) in [5, 5.41) is 17.0. The fourth-order valence-electron chi connectivity index (χ4n) is 6.62. The first-order valence-corrected chi connectivity index (χ1v) is 18.6. The van der Waals surface area contributed by atoms with Gasteiger partial charge in [0.05, 0.1) is 29.0 Å². The highest BCUT2D eigenvalue weighted by atomic mass is 79.9. The summed E-state index contributed by atoms with van der Waals surface area (Å²) in [7, 11) is 1.61. The second kappa shape index (κ2) is 17.2. The maximum atomic E-state index is 13.5. The number of fused-ring (bicyclic) bond motifs is 2. The maximum absolute atomic E-state index is 13.5. The van der Waals surface area contributed by atoms with E-state index in [1.807, 2.05) is 19.2 Å². The van der Waals surface area contributed by atoms with Crippen molar-refractivity contribution in [2.45, 2.75) is 59.0 Å². The van der Waals surface area contributed by atoms with Gasteiger partial charge in [-0.25, -0.2) is 18.1 Å². The molecule has 1 saturated carbocycles. The van der Waals surface area contributed by atoms with E-state index in [4.69, 9.17) is 47.5 Å². The topological polar surface area (TPSA) is 118 Å². The van der Waals surface area contributed by atoms with Crippen LogP contribution in [-0.2, 0) is 19.5 Å². The second-order valence-electron chi connectivity index (χ2n) is 12.6. The number of hydrogen-bond donors (Lipinski definition) is 0. The van der Waals surface area contributed by atoms with Crippen LogP contribution in [0.4, 0.5) is 14.5 Å². The van der Waals surface area contributed by atoms with Crippen LogP contribution in [0.5, 0.6) is 29.4 Å². The summed E-state index contributed by atoms with van der Waals surface area (Å²) in [6, 6.07) is 11.1. The van der Waals surface area contributed by atoms with Gasteiger partial charge in [0.25, 0.3) is 0 Å². The third-order valence-corrected chi connectivity index (χ3v) is 9.92. The van der Waals surface area contributed by atoms with Crippen molar-refractivity contribution in [2.75, 3.05) is 25.1 Å². The van der Waals surface area contributed by atoms with Crippen LogP contribution in [0.25, 0.3) is 0 Å². The van der Waals surface area contributed by atoms with Gasteiger partial charge in [0.2, 0.25) is 10.6 Å². The molecule has 52 heavy (non-hydrogen) atoms. The number of methoxy groups -OCH3 is 1. The molecule has 1 aliphatic heterocycles. The number of benzene rings is 2. The highest BCUT2D eigenvalue weighted by molar-refractivity contribution is 9.10. The van der Waals surface area contributed by atoms with E-state index in [1.165, 1.54) is 43.2 Å². The number of aryl methyl sites for hydroxylation is 2. The molecule has 2 fully saturated rings. The van der Waals surface area contributed by atoms with Gasteiger partial charge in [-0.15, -0.1) is 10.2 Å². The van der Waals surface area contributed by atoms with Gasteiger partial charge in [-0.1, -0.05) is 37.0 Å². The fourth-order valence-corrected chi connectivity index (χ4v) is 7.30. The Hall–Kier alpha value is -4.08. The number of hydrogen-bond acceptors (Lipinski definition) is 10. The van der Waals surface area contributed by atoms with E-state index in [2.05, 4.69) is 48.0 Å². The number of ether oxygens (including phenoxy) is 3. The van der Waals surface area contributed by atoms with Crippen molar-refractivity contribution in [3.8, 4) is 29.4 Å². The van der Waals surface area contributed by atoms with Gasteiger partial charge in [0.1, 0.15) is 23.1 Å². The highest BCUT2D eigenvalue weighted by Crippen LogP contribution is 2.44. The van der Waals surface area contributed by atoms with Gasteiger partial charge in [0, 0.05) is 50.8 Å². The number of rotatable bonds is 12. The number of nitrogens with zero attached hydrogens (tertiary/aromatic N) is 9. The molecule has 0 radical (unpaired) electrons. The molecule has 1 saturated heterocycles. The summed E-state index contributed by atoms with van der Waals surface area (Å²) in [4.78, 5) is 11.2. The zero-order valence-electron chi connectivity index (χ0n) is 28.9. The first-order chi connectivity index (χ1) is 25.1. The first-order valence-electron chi connectivity index (χ1n) is 17.1. The van der Waals surface area contributed by atoms with Crippen molar-refractivity contribution in [3.05, 3.63) is 80.9 Å². The van der Waals surface area contributed by atoms with Gasteiger partial charge in [-0.05, 0) is 83.6 Å². The summed E-state index contributed by atoms with van der Waals surface area (Å²) in [6.45, 7) is 7.43. The van der Waals surface area contributed by atoms with Gasteiger partial charge < -0.3 is 19.1 Å². The number of aromatic nitrogens is 8. The zero-order valence-corrected chi connectivity index (χ0v) is 32.0. The van der Waals surface area contributed by atoms with Crippen LogP contribution in [0.3, 0.4) is 0 Å².